The third-order valence-corrected chi connectivity index (χ3v) is 3.20. The quantitative estimate of drug-likeness (QED) is 0.715. The fraction of sp³-hybridized carbons (Fsp3) is 0.818. The molecule has 1 saturated heterocycles. The molecule has 5 nitrogen and oxygen atoms in total. The Morgan fingerprint density at radius 3 is 2.75 bits per heavy atom. The first-order valence-corrected chi connectivity index (χ1v) is 5.82. The van der Waals surface area contributed by atoms with E-state index in [2.05, 4.69) is 0 Å². The van der Waals surface area contributed by atoms with Crippen LogP contribution in [0, 0.1) is 5.92 Å². The number of hydrogen-bond donors (Lipinski definition) is 2. The molecule has 1 heterocycles. The van der Waals surface area contributed by atoms with Crippen LogP contribution in [0.2, 0.25) is 0 Å². The lowest BCUT2D eigenvalue weighted by molar-refractivity contribution is -0.141. The minimum atomic E-state index is -0.842. The fourth-order valence-electron chi connectivity index (χ4n) is 2.22. The van der Waals surface area contributed by atoms with E-state index >= 15 is 0 Å². The van der Waals surface area contributed by atoms with Gasteiger partial charge in [0.15, 0.2) is 0 Å². The highest BCUT2D eigenvalue weighted by Crippen LogP contribution is 2.22. The highest BCUT2D eigenvalue weighted by Gasteiger charge is 2.32. The van der Waals surface area contributed by atoms with Crippen molar-refractivity contribution in [3.8, 4) is 0 Å². The Morgan fingerprint density at radius 1 is 1.56 bits per heavy atom. The summed E-state index contributed by atoms with van der Waals surface area (Å²) in [5, 5.41) is 8.76. The van der Waals surface area contributed by atoms with Crippen molar-refractivity contribution in [3.63, 3.8) is 0 Å². The minimum Gasteiger partial charge on any atom is -0.481 e. The van der Waals surface area contributed by atoms with E-state index in [1.165, 1.54) is 0 Å². The second-order valence-corrected chi connectivity index (χ2v) is 4.27. The van der Waals surface area contributed by atoms with E-state index in [9.17, 15) is 9.59 Å². The van der Waals surface area contributed by atoms with Crippen molar-refractivity contribution >= 4 is 11.9 Å². The molecule has 0 aromatic rings. The lowest BCUT2D eigenvalue weighted by Gasteiger charge is -2.27. The molecule has 0 saturated carbocycles. The molecule has 2 unspecified atom stereocenters. The van der Waals surface area contributed by atoms with Gasteiger partial charge in [0, 0.05) is 19.1 Å². The first-order valence-electron chi connectivity index (χ1n) is 5.82. The van der Waals surface area contributed by atoms with Crippen LogP contribution in [0.5, 0.6) is 0 Å². The van der Waals surface area contributed by atoms with Gasteiger partial charge in [-0.3, -0.25) is 9.59 Å². The van der Waals surface area contributed by atoms with Crippen LogP contribution in [-0.2, 0) is 9.59 Å². The van der Waals surface area contributed by atoms with Crippen molar-refractivity contribution in [2.75, 3.05) is 13.1 Å². The average molecular weight is 228 g/mol. The van der Waals surface area contributed by atoms with Crippen LogP contribution in [0.4, 0.5) is 0 Å². The zero-order valence-electron chi connectivity index (χ0n) is 9.69. The van der Waals surface area contributed by atoms with Gasteiger partial charge in [0.2, 0.25) is 5.91 Å². The number of likely N-dealkylation sites (tertiary alicyclic amines) is 1. The number of carboxylic acid groups (broad SMARTS) is 1. The Morgan fingerprint density at radius 2 is 2.25 bits per heavy atom. The van der Waals surface area contributed by atoms with Gasteiger partial charge in [-0.15, -0.1) is 0 Å². The molecule has 0 bridgehead atoms. The van der Waals surface area contributed by atoms with Gasteiger partial charge in [-0.2, -0.15) is 0 Å². The van der Waals surface area contributed by atoms with Gasteiger partial charge in [-0.1, -0.05) is 6.92 Å². The minimum absolute atomic E-state index is 0.0220. The SMILES string of the molecule is CCC(CN)C(=O)N1CCCC1CC(=O)O. The Labute approximate surface area is 95.6 Å². The maximum absolute atomic E-state index is 12.1. The molecule has 0 spiro atoms. The lowest BCUT2D eigenvalue weighted by Crippen LogP contribution is -2.42. The molecule has 3 N–H and O–H groups in total. The number of nitrogens with zero attached hydrogens (tertiary/aromatic N) is 1. The van der Waals surface area contributed by atoms with Gasteiger partial charge in [0.1, 0.15) is 0 Å². The largest absolute Gasteiger partial charge is 0.481 e. The fourth-order valence-corrected chi connectivity index (χ4v) is 2.22. The Balaban J connectivity index is 2.63. The summed E-state index contributed by atoms with van der Waals surface area (Å²) in [6.07, 6.45) is 2.45. The summed E-state index contributed by atoms with van der Waals surface area (Å²) in [5.41, 5.74) is 5.53. The van der Waals surface area contributed by atoms with Crippen LogP contribution < -0.4 is 5.73 Å². The molecular formula is C11H20N2O3. The summed E-state index contributed by atoms with van der Waals surface area (Å²) in [6.45, 7) is 2.94. The molecule has 1 amide bonds. The van der Waals surface area contributed by atoms with Gasteiger partial charge in [0.05, 0.1) is 12.3 Å². The molecule has 92 valence electrons. The van der Waals surface area contributed by atoms with Crippen molar-refractivity contribution in [2.45, 2.75) is 38.6 Å². The summed E-state index contributed by atoms with van der Waals surface area (Å²) in [5.74, 6) is -0.978. The van der Waals surface area contributed by atoms with Crippen LogP contribution >= 0.6 is 0 Å². The van der Waals surface area contributed by atoms with E-state index in [1.807, 2.05) is 6.92 Å². The van der Waals surface area contributed by atoms with Crippen molar-refractivity contribution in [3.05, 3.63) is 0 Å². The summed E-state index contributed by atoms with van der Waals surface area (Å²) in [7, 11) is 0. The molecule has 0 aromatic heterocycles. The van der Waals surface area contributed by atoms with Gasteiger partial charge >= 0.3 is 5.97 Å². The summed E-state index contributed by atoms with van der Waals surface area (Å²) in [6, 6.07) is -0.134. The number of amides is 1. The van der Waals surface area contributed by atoms with Crippen molar-refractivity contribution in [2.24, 2.45) is 11.7 Å². The van der Waals surface area contributed by atoms with Gasteiger partial charge < -0.3 is 15.7 Å². The summed E-state index contributed by atoms with van der Waals surface area (Å²) < 4.78 is 0. The highest BCUT2D eigenvalue weighted by atomic mass is 16.4. The molecule has 0 aromatic carbocycles. The highest BCUT2D eigenvalue weighted by molar-refractivity contribution is 5.80. The zero-order valence-corrected chi connectivity index (χ0v) is 9.69. The molecule has 1 aliphatic rings. The third-order valence-electron chi connectivity index (χ3n) is 3.20. The summed E-state index contributed by atoms with van der Waals surface area (Å²) in [4.78, 5) is 24.4. The van der Waals surface area contributed by atoms with E-state index in [0.717, 1.165) is 12.8 Å². The van der Waals surface area contributed by atoms with Crippen molar-refractivity contribution in [1.82, 2.24) is 4.90 Å². The molecular weight excluding hydrogens is 208 g/mol. The standard InChI is InChI=1S/C11H20N2O3/c1-2-8(7-12)11(16)13-5-3-4-9(13)6-10(14)15/h8-9H,2-7,12H2,1H3,(H,14,15). The number of aliphatic carboxylic acids is 1. The second-order valence-electron chi connectivity index (χ2n) is 4.27. The molecule has 1 rings (SSSR count). The normalized spacial score (nSPS) is 22.1. The predicted molar refractivity (Wildman–Crippen MR) is 59.8 cm³/mol. The van der Waals surface area contributed by atoms with E-state index in [-0.39, 0.29) is 24.3 Å². The zero-order chi connectivity index (χ0) is 12.1. The van der Waals surface area contributed by atoms with E-state index in [4.69, 9.17) is 10.8 Å². The molecule has 2 atom stereocenters. The van der Waals surface area contributed by atoms with E-state index < -0.39 is 5.97 Å². The van der Waals surface area contributed by atoms with Gasteiger partial charge in [-0.05, 0) is 19.3 Å². The molecule has 5 heteroatoms. The van der Waals surface area contributed by atoms with Crippen LogP contribution in [0.15, 0.2) is 0 Å². The van der Waals surface area contributed by atoms with E-state index in [0.29, 0.717) is 19.5 Å². The molecule has 0 radical (unpaired) electrons. The average Bonchev–Trinajstić information content (AvgIpc) is 2.66. The number of nitrogens with two attached hydrogens (primary N) is 1. The molecule has 1 fully saturated rings. The Hall–Kier alpha value is -1.10. The first-order chi connectivity index (χ1) is 7.60. The Bertz CT molecular complexity index is 264. The van der Waals surface area contributed by atoms with Crippen LogP contribution in [0.25, 0.3) is 0 Å². The third kappa shape index (κ3) is 2.95. The number of carboxylic acids is 1. The monoisotopic (exact) mass is 228 g/mol. The number of carbonyl (C=O) groups is 2. The number of rotatable bonds is 5. The maximum Gasteiger partial charge on any atom is 0.305 e. The van der Waals surface area contributed by atoms with Crippen molar-refractivity contribution < 1.29 is 14.7 Å². The maximum atomic E-state index is 12.1. The second kappa shape index (κ2) is 5.84. The molecule has 1 aliphatic heterocycles. The molecule has 0 aliphatic carbocycles. The summed E-state index contributed by atoms with van der Waals surface area (Å²) >= 11 is 0. The van der Waals surface area contributed by atoms with Crippen LogP contribution in [-0.4, -0.2) is 41.0 Å². The van der Waals surface area contributed by atoms with Crippen LogP contribution in [0.1, 0.15) is 32.6 Å². The van der Waals surface area contributed by atoms with Gasteiger partial charge in [-0.25, -0.2) is 0 Å². The lowest BCUT2D eigenvalue weighted by atomic mass is 10.0. The van der Waals surface area contributed by atoms with Crippen molar-refractivity contribution in [1.29, 1.82) is 0 Å². The predicted octanol–water partition coefficient (Wildman–Crippen LogP) is 0.437. The molecule has 16 heavy (non-hydrogen) atoms. The number of hydrogen-bond acceptors (Lipinski definition) is 3. The number of carbonyl (C=O) groups excluding carboxylic acids is 1. The van der Waals surface area contributed by atoms with Gasteiger partial charge in [0.25, 0.3) is 0 Å². The smallest absolute Gasteiger partial charge is 0.305 e. The first kappa shape index (κ1) is 13.0. The Kier molecular flexibility index (Phi) is 4.73. The van der Waals surface area contributed by atoms with Crippen LogP contribution in [0.3, 0.4) is 0 Å². The van der Waals surface area contributed by atoms with E-state index in [1.54, 1.807) is 4.90 Å². The topological polar surface area (TPSA) is 83.6 Å².